The fraction of sp³-hybridized carbons (Fsp3) is 0.286. The number of fused-ring (bicyclic) bond motifs is 1. The molecular weight excluding hydrogens is 486 g/mol. The predicted molar refractivity (Wildman–Crippen MR) is 146 cm³/mol. The molecule has 0 aliphatic carbocycles. The Bertz CT molecular complexity index is 1500. The Morgan fingerprint density at radius 2 is 1.57 bits per heavy atom. The number of nitrogens with zero attached hydrogens (tertiary/aromatic N) is 4. The van der Waals surface area contributed by atoms with E-state index in [1.807, 2.05) is 42.5 Å². The minimum Gasteiger partial charge on any atom is -0.497 e. The number of rotatable bonds is 7. The van der Waals surface area contributed by atoms with Gasteiger partial charge in [-0.15, -0.1) is 0 Å². The van der Waals surface area contributed by atoms with Gasteiger partial charge in [0, 0.05) is 37.3 Å². The van der Waals surface area contributed by atoms with Crippen LogP contribution in [0.25, 0.3) is 10.9 Å². The number of ether oxygens (including phenoxy) is 1. The average Bonchev–Trinajstić information content (AvgIpc) is 2.94. The van der Waals surface area contributed by atoms with E-state index in [0.717, 1.165) is 28.0 Å². The number of methoxy groups -OCH3 is 1. The maximum Gasteiger partial charge on any atom is 0.243 e. The maximum absolute atomic E-state index is 13.2. The highest BCUT2D eigenvalue weighted by Crippen LogP contribution is 2.29. The van der Waals surface area contributed by atoms with E-state index in [1.165, 1.54) is 0 Å². The van der Waals surface area contributed by atoms with Crippen LogP contribution in [0, 0.1) is 6.92 Å². The third-order valence-corrected chi connectivity index (χ3v) is 8.82. The van der Waals surface area contributed by atoms with Crippen molar-refractivity contribution in [3.8, 4) is 5.75 Å². The molecule has 1 N–H and O–H groups in total. The number of aryl methyl sites for hydroxylation is 1. The van der Waals surface area contributed by atoms with Gasteiger partial charge < -0.3 is 10.1 Å². The number of para-hydroxylation sites is 2. The second-order valence-corrected chi connectivity index (χ2v) is 11.1. The zero-order chi connectivity index (χ0) is 26.0. The molecule has 4 aromatic rings. The lowest BCUT2D eigenvalue weighted by Gasteiger charge is -2.36. The van der Waals surface area contributed by atoms with E-state index in [4.69, 9.17) is 14.7 Å². The van der Waals surface area contributed by atoms with Crippen LogP contribution in [-0.4, -0.2) is 60.9 Å². The summed E-state index contributed by atoms with van der Waals surface area (Å²) >= 11 is 0. The molecule has 1 saturated heterocycles. The molecule has 0 bridgehead atoms. The smallest absolute Gasteiger partial charge is 0.243 e. The number of anilines is 2. The van der Waals surface area contributed by atoms with Crippen LogP contribution >= 0.6 is 0 Å². The summed E-state index contributed by atoms with van der Waals surface area (Å²) in [5, 5.41) is 4.46. The molecule has 1 atom stereocenters. The van der Waals surface area contributed by atoms with Gasteiger partial charge >= 0.3 is 0 Å². The van der Waals surface area contributed by atoms with Crippen molar-refractivity contribution in [1.82, 2.24) is 19.2 Å². The highest BCUT2D eigenvalue weighted by atomic mass is 32.2. The first-order valence-electron chi connectivity index (χ1n) is 12.3. The first kappa shape index (κ1) is 25.1. The van der Waals surface area contributed by atoms with Crippen molar-refractivity contribution in [2.45, 2.75) is 24.8 Å². The molecule has 5 rings (SSSR count). The van der Waals surface area contributed by atoms with Crippen molar-refractivity contribution in [3.63, 3.8) is 0 Å². The Morgan fingerprint density at radius 1 is 0.892 bits per heavy atom. The lowest BCUT2D eigenvalue weighted by atomic mass is 10.1. The van der Waals surface area contributed by atoms with Gasteiger partial charge in [-0.1, -0.05) is 30.3 Å². The predicted octanol–water partition coefficient (Wildman–Crippen LogP) is 4.76. The molecule has 0 saturated carbocycles. The molecule has 192 valence electrons. The summed E-state index contributed by atoms with van der Waals surface area (Å²) in [4.78, 5) is 12.3. The molecular formula is C28H31N5O3S. The van der Waals surface area contributed by atoms with E-state index in [9.17, 15) is 8.42 Å². The molecule has 9 heteroatoms. The molecule has 1 aromatic heterocycles. The topological polar surface area (TPSA) is 87.7 Å². The average molecular weight is 518 g/mol. The van der Waals surface area contributed by atoms with Crippen LogP contribution in [0.4, 0.5) is 11.5 Å². The van der Waals surface area contributed by atoms with Crippen molar-refractivity contribution in [2.75, 3.05) is 38.6 Å². The zero-order valence-electron chi connectivity index (χ0n) is 21.3. The fourth-order valence-electron chi connectivity index (χ4n) is 4.61. The molecule has 0 unspecified atom stereocenters. The summed E-state index contributed by atoms with van der Waals surface area (Å²) in [5.41, 5.74) is 3.01. The lowest BCUT2D eigenvalue weighted by molar-refractivity contribution is 0.141. The maximum atomic E-state index is 13.2. The van der Waals surface area contributed by atoms with Gasteiger partial charge in [0.05, 0.1) is 23.6 Å². The molecule has 1 aliphatic rings. The summed E-state index contributed by atoms with van der Waals surface area (Å²) in [6.45, 7) is 6.13. The minimum absolute atomic E-state index is 0.0760. The molecule has 0 amide bonds. The zero-order valence-corrected chi connectivity index (χ0v) is 22.1. The Balaban J connectivity index is 1.35. The van der Waals surface area contributed by atoms with Crippen LogP contribution in [0.15, 0.2) is 77.7 Å². The van der Waals surface area contributed by atoms with Gasteiger partial charge in [0.15, 0.2) is 0 Å². The Labute approximate surface area is 218 Å². The highest BCUT2D eigenvalue weighted by molar-refractivity contribution is 7.89. The van der Waals surface area contributed by atoms with Gasteiger partial charge in [-0.05, 0) is 61.9 Å². The first-order chi connectivity index (χ1) is 17.9. The standard InChI is InChI=1S/C28H31N5O3S/c1-20-8-4-6-10-25(20)29-28-24-9-5-7-11-26(24)30-27(31-28)21(2)32-16-18-33(19-17-32)37(34,35)23-14-12-22(36-3)13-15-23/h4-15,21H,16-19H2,1-3H3,(H,29,30,31)/t21-/m1/s1. The summed E-state index contributed by atoms with van der Waals surface area (Å²) in [6.07, 6.45) is 0. The minimum atomic E-state index is -3.57. The molecule has 8 nitrogen and oxygen atoms in total. The number of aromatic nitrogens is 2. The number of piperazine rings is 1. The summed E-state index contributed by atoms with van der Waals surface area (Å²) < 4.78 is 33.0. The van der Waals surface area contributed by atoms with Crippen LogP contribution in [0.5, 0.6) is 5.75 Å². The lowest BCUT2D eigenvalue weighted by Crippen LogP contribution is -2.49. The number of benzene rings is 3. The van der Waals surface area contributed by atoms with Gasteiger partial charge in [-0.3, -0.25) is 4.90 Å². The highest BCUT2D eigenvalue weighted by Gasteiger charge is 2.31. The number of sulfonamides is 1. The third kappa shape index (κ3) is 5.16. The Hall–Kier alpha value is -3.53. The van der Waals surface area contributed by atoms with E-state index >= 15 is 0 Å². The quantitative estimate of drug-likeness (QED) is 0.378. The molecule has 1 aliphatic heterocycles. The summed E-state index contributed by atoms with van der Waals surface area (Å²) in [6, 6.07) is 22.6. The van der Waals surface area contributed by atoms with Gasteiger partial charge in [0.25, 0.3) is 0 Å². The van der Waals surface area contributed by atoms with Crippen molar-refractivity contribution in [3.05, 3.63) is 84.2 Å². The Morgan fingerprint density at radius 3 is 2.27 bits per heavy atom. The fourth-order valence-corrected chi connectivity index (χ4v) is 6.03. The second kappa shape index (κ2) is 10.5. The van der Waals surface area contributed by atoms with Crippen molar-refractivity contribution >= 4 is 32.4 Å². The normalized spacial score (nSPS) is 16.0. The largest absolute Gasteiger partial charge is 0.497 e. The SMILES string of the molecule is COc1ccc(S(=O)(=O)N2CCN([C@H](C)c3nc(Nc4ccccc4C)c4ccccc4n3)CC2)cc1. The molecule has 1 fully saturated rings. The molecule has 0 spiro atoms. The van der Waals surface area contributed by atoms with Gasteiger partial charge in [0.2, 0.25) is 10.0 Å². The molecule has 2 heterocycles. The second-order valence-electron chi connectivity index (χ2n) is 9.18. The van der Waals surface area contributed by atoms with Crippen LogP contribution in [0.3, 0.4) is 0 Å². The first-order valence-corrected chi connectivity index (χ1v) is 13.8. The van der Waals surface area contributed by atoms with Crippen molar-refractivity contribution in [1.29, 1.82) is 0 Å². The summed E-state index contributed by atoms with van der Waals surface area (Å²) in [7, 11) is -2.00. The molecule has 0 radical (unpaired) electrons. The molecule has 3 aromatic carbocycles. The van der Waals surface area contributed by atoms with Crippen LogP contribution in [0.2, 0.25) is 0 Å². The Kier molecular flexibility index (Phi) is 7.10. The number of hydrogen-bond acceptors (Lipinski definition) is 7. The van der Waals surface area contributed by atoms with Gasteiger partial charge in [0.1, 0.15) is 17.4 Å². The van der Waals surface area contributed by atoms with Gasteiger partial charge in [-0.25, -0.2) is 18.4 Å². The number of hydrogen-bond donors (Lipinski definition) is 1. The van der Waals surface area contributed by atoms with E-state index in [2.05, 4.69) is 30.1 Å². The van der Waals surface area contributed by atoms with Crippen molar-refractivity contribution in [2.24, 2.45) is 0 Å². The third-order valence-electron chi connectivity index (χ3n) is 6.91. The van der Waals surface area contributed by atoms with E-state index in [-0.39, 0.29) is 10.9 Å². The van der Waals surface area contributed by atoms with Crippen LogP contribution < -0.4 is 10.1 Å². The van der Waals surface area contributed by atoms with E-state index in [1.54, 1.807) is 35.7 Å². The van der Waals surface area contributed by atoms with Crippen LogP contribution in [0.1, 0.15) is 24.4 Å². The van der Waals surface area contributed by atoms with Gasteiger partial charge in [-0.2, -0.15) is 4.31 Å². The summed E-state index contributed by atoms with van der Waals surface area (Å²) in [5.74, 6) is 2.10. The van der Waals surface area contributed by atoms with Crippen LogP contribution in [-0.2, 0) is 10.0 Å². The molecule has 37 heavy (non-hydrogen) atoms. The van der Waals surface area contributed by atoms with Crippen molar-refractivity contribution < 1.29 is 13.2 Å². The monoisotopic (exact) mass is 517 g/mol. The van der Waals surface area contributed by atoms with E-state index in [0.29, 0.717) is 37.8 Å². The number of nitrogens with one attached hydrogen (secondary N) is 1. The van der Waals surface area contributed by atoms with E-state index < -0.39 is 10.0 Å².